The second-order valence-corrected chi connectivity index (χ2v) is 5.40. The zero-order valence-electron chi connectivity index (χ0n) is 13.0. The standard InChI is InChI=1S/C13H22N6O2/c1-13(2,3)21-12(20)16-7-9(6-14)11(15-4)10-8-19(5)18-17-10/h6,8H,7,14H2,1-5H3,(H,16,20). The molecule has 0 aliphatic heterocycles. The summed E-state index contributed by atoms with van der Waals surface area (Å²) in [6.45, 7) is 5.58. The molecule has 0 atom stereocenters. The number of nitrogens with one attached hydrogen (secondary N) is 1. The molecule has 21 heavy (non-hydrogen) atoms. The fraction of sp³-hybridized carbons (Fsp3) is 0.538. The highest BCUT2D eigenvalue weighted by molar-refractivity contribution is 6.11. The lowest BCUT2D eigenvalue weighted by Gasteiger charge is -2.20. The Bertz CT molecular complexity index is 553. The molecule has 0 aromatic carbocycles. The van der Waals surface area contributed by atoms with E-state index >= 15 is 0 Å². The summed E-state index contributed by atoms with van der Waals surface area (Å²) >= 11 is 0. The number of aryl methyl sites for hydroxylation is 1. The first kappa shape index (κ1) is 16.7. The summed E-state index contributed by atoms with van der Waals surface area (Å²) in [5.41, 5.74) is 6.85. The Hall–Kier alpha value is -2.38. The lowest BCUT2D eigenvalue weighted by molar-refractivity contribution is 0.0533. The second-order valence-electron chi connectivity index (χ2n) is 5.40. The van der Waals surface area contributed by atoms with Gasteiger partial charge in [0.2, 0.25) is 0 Å². The smallest absolute Gasteiger partial charge is 0.407 e. The Morgan fingerprint density at radius 2 is 2.24 bits per heavy atom. The first-order valence-electron chi connectivity index (χ1n) is 6.48. The van der Waals surface area contributed by atoms with Crippen LogP contribution in [0.1, 0.15) is 26.5 Å². The van der Waals surface area contributed by atoms with Crippen LogP contribution in [0, 0.1) is 0 Å². The molecule has 0 unspecified atom stereocenters. The summed E-state index contributed by atoms with van der Waals surface area (Å²) in [7, 11) is 3.38. The molecule has 1 aromatic heterocycles. The van der Waals surface area contributed by atoms with E-state index in [9.17, 15) is 4.79 Å². The maximum Gasteiger partial charge on any atom is 0.407 e. The van der Waals surface area contributed by atoms with Gasteiger partial charge in [0.25, 0.3) is 0 Å². The van der Waals surface area contributed by atoms with Crippen LogP contribution in [0.2, 0.25) is 0 Å². The molecule has 8 heteroatoms. The van der Waals surface area contributed by atoms with Crippen molar-refractivity contribution in [1.29, 1.82) is 0 Å². The number of aliphatic imine (C=N–C) groups is 1. The van der Waals surface area contributed by atoms with Crippen molar-refractivity contribution >= 4 is 11.8 Å². The number of aromatic nitrogens is 3. The highest BCUT2D eigenvalue weighted by Gasteiger charge is 2.18. The summed E-state index contributed by atoms with van der Waals surface area (Å²) in [6, 6.07) is 0. The quantitative estimate of drug-likeness (QED) is 0.791. The predicted octanol–water partition coefficient (Wildman–Crippen LogP) is 0.601. The Balaban J connectivity index is 2.73. The maximum absolute atomic E-state index is 11.7. The molecule has 3 N–H and O–H groups in total. The van der Waals surface area contributed by atoms with Gasteiger partial charge in [0.1, 0.15) is 11.3 Å². The summed E-state index contributed by atoms with van der Waals surface area (Å²) in [5, 5.41) is 10.5. The van der Waals surface area contributed by atoms with Crippen LogP contribution in [0.4, 0.5) is 4.79 Å². The Labute approximate surface area is 124 Å². The first-order valence-corrected chi connectivity index (χ1v) is 6.48. The third kappa shape index (κ3) is 5.25. The third-order valence-electron chi connectivity index (χ3n) is 2.40. The van der Waals surface area contributed by atoms with Gasteiger partial charge in [-0.2, -0.15) is 0 Å². The van der Waals surface area contributed by atoms with Crippen molar-refractivity contribution in [3.63, 3.8) is 0 Å². The molecule has 0 radical (unpaired) electrons. The van der Waals surface area contributed by atoms with Gasteiger partial charge < -0.3 is 15.8 Å². The molecular formula is C13H22N6O2. The highest BCUT2D eigenvalue weighted by Crippen LogP contribution is 2.08. The topological polar surface area (TPSA) is 107 Å². The molecule has 1 amide bonds. The first-order chi connectivity index (χ1) is 9.76. The van der Waals surface area contributed by atoms with Crippen LogP contribution in [-0.2, 0) is 11.8 Å². The van der Waals surface area contributed by atoms with Crippen LogP contribution in [0.5, 0.6) is 0 Å². The largest absolute Gasteiger partial charge is 0.444 e. The minimum absolute atomic E-state index is 0.189. The van der Waals surface area contributed by atoms with E-state index in [2.05, 4.69) is 20.6 Å². The van der Waals surface area contributed by atoms with Gasteiger partial charge in [0, 0.05) is 32.4 Å². The van der Waals surface area contributed by atoms with Crippen molar-refractivity contribution in [2.45, 2.75) is 26.4 Å². The molecule has 0 saturated heterocycles. The number of rotatable bonds is 4. The van der Waals surface area contributed by atoms with Crippen molar-refractivity contribution in [1.82, 2.24) is 20.3 Å². The highest BCUT2D eigenvalue weighted by atomic mass is 16.6. The number of carbonyl (C=O) groups is 1. The predicted molar refractivity (Wildman–Crippen MR) is 80.0 cm³/mol. The molecule has 0 bridgehead atoms. The molecule has 1 aromatic rings. The molecular weight excluding hydrogens is 272 g/mol. The Morgan fingerprint density at radius 1 is 1.57 bits per heavy atom. The minimum atomic E-state index is -0.552. The Kier molecular flexibility index (Phi) is 5.45. The average molecular weight is 294 g/mol. The fourth-order valence-corrected chi connectivity index (χ4v) is 1.58. The van der Waals surface area contributed by atoms with E-state index < -0.39 is 11.7 Å². The van der Waals surface area contributed by atoms with Gasteiger partial charge in [0.15, 0.2) is 0 Å². The lowest BCUT2D eigenvalue weighted by Crippen LogP contribution is -2.34. The van der Waals surface area contributed by atoms with Gasteiger partial charge in [-0.05, 0) is 20.8 Å². The van der Waals surface area contributed by atoms with Crippen LogP contribution >= 0.6 is 0 Å². The average Bonchev–Trinajstić information content (AvgIpc) is 2.78. The van der Waals surface area contributed by atoms with Crippen LogP contribution in [0.15, 0.2) is 23.0 Å². The third-order valence-corrected chi connectivity index (χ3v) is 2.40. The number of amides is 1. The minimum Gasteiger partial charge on any atom is -0.444 e. The summed E-state index contributed by atoms with van der Waals surface area (Å²) in [5.74, 6) is 0. The van der Waals surface area contributed by atoms with Crippen molar-refractivity contribution in [3.05, 3.63) is 23.7 Å². The number of hydrogen-bond acceptors (Lipinski definition) is 6. The van der Waals surface area contributed by atoms with E-state index in [1.807, 2.05) is 0 Å². The molecule has 1 rings (SSSR count). The van der Waals surface area contributed by atoms with E-state index in [-0.39, 0.29) is 6.54 Å². The van der Waals surface area contributed by atoms with Crippen molar-refractivity contribution in [2.75, 3.05) is 13.6 Å². The normalized spacial score (nSPS) is 13.2. The fourth-order valence-electron chi connectivity index (χ4n) is 1.58. The molecule has 116 valence electrons. The van der Waals surface area contributed by atoms with Gasteiger partial charge in [-0.3, -0.25) is 9.67 Å². The molecule has 0 fully saturated rings. The van der Waals surface area contributed by atoms with E-state index in [1.165, 1.54) is 6.20 Å². The van der Waals surface area contributed by atoms with Crippen LogP contribution in [0.3, 0.4) is 0 Å². The number of nitrogens with two attached hydrogens (primary N) is 1. The number of hydrogen-bond donors (Lipinski definition) is 2. The molecule has 0 aliphatic carbocycles. The SMILES string of the molecule is CN=C(C(=CN)CNC(=O)OC(C)(C)C)c1cn(C)nn1. The second kappa shape index (κ2) is 6.87. The van der Waals surface area contributed by atoms with E-state index in [0.29, 0.717) is 17.0 Å². The molecule has 0 saturated carbocycles. The van der Waals surface area contributed by atoms with Crippen LogP contribution < -0.4 is 11.1 Å². The maximum atomic E-state index is 11.7. The van der Waals surface area contributed by atoms with E-state index in [0.717, 1.165) is 0 Å². The zero-order chi connectivity index (χ0) is 16.0. The van der Waals surface area contributed by atoms with Gasteiger partial charge in [-0.25, -0.2) is 4.79 Å². The molecule has 1 heterocycles. The summed E-state index contributed by atoms with van der Waals surface area (Å²) in [4.78, 5) is 15.8. The van der Waals surface area contributed by atoms with Crippen LogP contribution in [0.25, 0.3) is 0 Å². The van der Waals surface area contributed by atoms with Crippen molar-refractivity contribution < 1.29 is 9.53 Å². The van der Waals surface area contributed by atoms with Gasteiger partial charge >= 0.3 is 6.09 Å². The number of nitrogens with zero attached hydrogens (tertiary/aromatic N) is 4. The van der Waals surface area contributed by atoms with Crippen LogP contribution in [-0.4, -0.2) is 46.0 Å². The molecule has 8 nitrogen and oxygen atoms in total. The Morgan fingerprint density at radius 3 is 2.67 bits per heavy atom. The monoisotopic (exact) mass is 294 g/mol. The van der Waals surface area contributed by atoms with Gasteiger partial charge in [0.05, 0.1) is 11.9 Å². The number of alkyl carbamates (subject to hydrolysis) is 1. The van der Waals surface area contributed by atoms with Gasteiger partial charge in [-0.15, -0.1) is 5.10 Å². The number of ether oxygens (including phenoxy) is 1. The zero-order valence-corrected chi connectivity index (χ0v) is 13.0. The summed E-state index contributed by atoms with van der Waals surface area (Å²) < 4.78 is 6.73. The molecule has 0 aliphatic rings. The van der Waals surface area contributed by atoms with Gasteiger partial charge in [-0.1, -0.05) is 5.21 Å². The lowest BCUT2D eigenvalue weighted by atomic mass is 10.1. The van der Waals surface area contributed by atoms with E-state index in [1.54, 1.807) is 45.7 Å². The van der Waals surface area contributed by atoms with Crippen molar-refractivity contribution in [3.8, 4) is 0 Å². The van der Waals surface area contributed by atoms with Crippen molar-refractivity contribution in [2.24, 2.45) is 17.8 Å². The van der Waals surface area contributed by atoms with E-state index in [4.69, 9.17) is 10.5 Å². The summed E-state index contributed by atoms with van der Waals surface area (Å²) in [6.07, 6.45) is 2.59. The molecule has 0 spiro atoms. The number of carbonyl (C=O) groups excluding carboxylic acids is 1.